The van der Waals surface area contributed by atoms with Crippen LogP contribution in [0.1, 0.15) is 36.1 Å². The number of nitro benzene ring substituents is 1. The number of likely N-dealkylation sites (N-methyl/N-ethyl adjacent to an activating group) is 1. The fourth-order valence-electron chi connectivity index (χ4n) is 4.79. The standard InChI is InChI=1S/C21H16N2O7/c1-10-8-16-18(19(25)29-10)21(17-14(24)4-3-5-15(17)30-16)12-9-11(23(27)28)6-7-13(12)22(2)20(21)26/h6-9H,3-5H2,1-2H3. The first-order valence-electron chi connectivity index (χ1n) is 9.43. The third-order valence-electron chi connectivity index (χ3n) is 5.97. The minimum atomic E-state index is -1.83. The van der Waals surface area contributed by atoms with Crippen molar-refractivity contribution in [3.05, 3.63) is 73.0 Å². The monoisotopic (exact) mass is 408 g/mol. The molecule has 1 aromatic heterocycles. The van der Waals surface area contributed by atoms with E-state index < -0.39 is 21.9 Å². The van der Waals surface area contributed by atoms with Gasteiger partial charge in [0.05, 0.1) is 10.5 Å². The van der Waals surface area contributed by atoms with Crippen molar-refractivity contribution in [1.29, 1.82) is 0 Å². The molecule has 0 fully saturated rings. The highest BCUT2D eigenvalue weighted by Crippen LogP contribution is 2.56. The van der Waals surface area contributed by atoms with Crippen LogP contribution in [0.4, 0.5) is 11.4 Å². The van der Waals surface area contributed by atoms with E-state index in [1.165, 1.54) is 36.2 Å². The third-order valence-corrected chi connectivity index (χ3v) is 5.97. The normalized spacial score (nSPS) is 22.0. The average molecular weight is 408 g/mol. The fourth-order valence-corrected chi connectivity index (χ4v) is 4.79. The second-order valence-electron chi connectivity index (χ2n) is 7.63. The Morgan fingerprint density at radius 1 is 1.17 bits per heavy atom. The number of carbonyl (C=O) groups is 2. The second-order valence-corrected chi connectivity index (χ2v) is 7.63. The lowest BCUT2D eigenvalue weighted by atomic mass is 9.65. The van der Waals surface area contributed by atoms with Gasteiger partial charge in [-0.3, -0.25) is 19.7 Å². The highest BCUT2D eigenvalue weighted by Gasteiger charge is 2.62. The molecule has 0 N–H and O–H groups in total. The third kappa shape index (κ3) is 2.09. The maximum absolute atomic E-state index is 13.8. The topological polar surface area (TPSA) is 120 Å². The first-order chi connectivity index (χ1) is 14.3. The quantitative estimate of drug-likeness (QED) is 0.525. The summed E-state index contributed by atoms with van der Waals surface area (Å²) in [5, 5.41) is 11.5. The van der Waals surface area contributed by atoms with Gasteiger partial charge >= 0.3 is 5.63 Å². The number of aryl methyl sites for hydroxylation is 1. The van der Waals surface area contributed by atoms with Gasteiger partial charge in [-0.1, -0.05) is 0 Å². The molecule has 152 valence electrons. The minimum absolute atomic E-state index is 0.0773. The Labute approximate surface area is 169 Å². The molecule has 1 atom stereocenters. The number of Topliss-reactive ketones (excluding diaryl/α,β-unsaturated/α-hetero) is 1. The minimum Gasteiger partial charge on any atom is -0.460 e. The van der Waals surface area contributed by atoms with Crippen LogP contribution in [0.3, 0.4) is 0 Å². The Morgan fingerprint density at radius 3 is 2.67 bits per heavy atom. The molecule has 2 aliphatic heterocycles. The van der Waals surface area contributed by atoms with Crippen LogP contribution in [0.5, 0.6) is 5.75 Å². The SMILES string of the molecule is Cc1cc2c(c(=O)o1)C1(C(=O)N(C)c3ccc([N+](=O)[O-])cc31)C1=C(CCCC1=O)O2. The van der Waals surface area contributed by atoms with Gasteiger partial charge in [-0.25, -0.2) is 4.79 Å². The summed E-state index contributed by atoms with van der Waals surface area (Å²) in [6.45, 7) is 1.58. The van der Waals surface area contributed by atoms with Crippen LogP contribution in [-0.4, -0.2) is 23.7 Å². The maximum Gasteiger partial charge on any atom is 0.344 e. The van der Waals surface area contributed by atoms with Gasteiger partial charge in [-0.05, 0) is 19.4 Å². The zero-order chi connectivity index (χ0) is 21.4. The molecular weight excluding hydrogens is 392 g/mol. The molecule has 3 heterocycles. The molecule has 0 bridgehead atoms. The Balaban J connectivity index is 1.98. The van der Waals surface area contributed by atoms with E-state index in [1.54, 1.807) is 6.92 Å². The number of ketones is 1. The van der Waals surface area contributed by atoms with Gasteiger partial charge in [0, 0.05) is 49.3 Å². The van der Waals surface area contributed by atoms with Crippen molar-refractivity contribution in [2.24, 2.45) is 0 Å². The number of amides is 1. The van der Waals surface area contributed by atoms with Crippen LogP contribution in [0.2, 0.25) is 0 Å². The van der Waals surface area contributed by atoms with Gasteiger partial charge in [0.15, 0.2) is 5.78 Å². The Morgan fingerprint density at radius 2 is 1.93 bits per heavy atom. The number of hydrogen-bond acceptors (Lipinski definition) is 7. The van der Waals surface area contributed by atoms with Crippen molar-refractivity contribution in [1.82, 2.24) is 0 Å². The zero-order valence-corrected chi connectivity index (χ0v) is 16.2. The van der Waals surface area contributed by atoms with Gasteiger partial charge < -0.3 is 14.1 Å². The van der Waals surface area contributed by atoms with Crippen LogP contribution in [-0.2, 0) is 15.0 Å². The maximum atomic E-state index is 13.8. The first-order valence-corrected chi connectivity index (χ1v) is 9.43. The number of non-ortho nitro benzene ring substituents is 1. The summed E-state index contributed by atoms with van der Waals surface area (Å²) < 4.78 is 11.2. The molecule has 9 heteroatoms. The predicted octanol–water partition coefficient (Wildman–Crippen LogP) is 2.52. The van der Waals surface area contributed by atoms with E-state index in [4.69, 9.17) is 9.15 Å². The number of allylic oxidation sites excluding steroid dienone is 1. The van der Waals surface area contributed by atoms with Gasteiger partial charge in [-0.15, -0.1) is 0 Å². The molecule has 1 spiro atoms. The summed E-state index contributed by atoms with van der Waals surface area (Å²) in [6.07, 6.45) is 1.16. The molecule has 1 aromatic carbocycles. The molecule has 1 unspecified atom stereocenters. The number of fused-ring (bicyclic) bond motifs is 5. The van der Waals surface area contributed by atoms with Crippen LogP contribution in [0, 0.1) is 17.0 Å². The van der Waals surface area contributed by atoms with Crippen molar-refractivity contribution in [3.63, 3.8) is 0 Å². The van der Waals surface area contributed by atoms with Crippen molar-refractivity contribution >= 4 is 23.1 Å². The highest BCUT2D eigenvalue weighted by atomic mass is 16.6. The van der Waals surface area contributed by atoms with Gasteiger partial charge in [0.1, 0.15) is 28.2 Å². The Kier molecular flexibility index (Phi) is 3.59. The zero-order valence-electron chi connectivity index (χ0n) is 16.2. The molecule has 0 saturated carbocycles. The molecule has 0 radical (unpaired) electrons. The van der Waals surface area contributed by atoms with E-state index in [0.29, 0.717) is 24.3 Å². The number of nitrogens with zero attached hydrogens (tertiary/aromatic N) is 2. The van der Waals surface area contributed by atoms with Crippen LogP contribution in [0.15, 0.2) is 44.8 Å². The number of rotatable bonds is 1. The van der Waals surface area contributed by atoms with E-state index in [-0.39, 0.29) is 46.1 Å². The smallest absolute Gasteiger partial charge is 0.344 e. The molecule has 0 saturated heterocycles. The van der Waals surface area contributed by atoms with E-state index in [2.05, 4.69) is 0 Å². The Bertz CT molecular complexity index is 1270. The fraction of sp³-hybridized carbons (Fsp3) is 0.286. The number of hydrogen-bond donors (Lipinski definition) is 0. The van der Waals surface area contributed by atoms with Crippen LogP contribution in [0.25, 0.3) is 0 Å². The molecule has 3 aliphatic rings. The lowest BCUT2D eigenvalue weighted by Crippen LogP contribution is -2.49. The first kappa shape index (κ1) is 18.3. The van der Waals surface area contributed by atoms with E-state index in [1.807, 2.05) is 0 Å². The lowest BCUT2D eigenvalue weighted by Gasteiger charge is -2.38. The largest absolute Gasteiger partial charge is 0.460 e. The lowest BCUT2D eigenvalue weighted by molar-refractivity contribution is -0.384. The summed E-state index contributed by atoms with van der Waals surface area (Å²) in [4.78, 5) is 52.1. The van der Waals surface area contributed by atoms with Crippen LogP contribution >= 0.6 is 0 Å². The Hall–Kier alpha value is -3.75. The van der Waals surface area contributed by atoms with Crippen molar-refractivity contribution < 1.29 is 23.7 Å². The predicted molar refractivity (Wildman–Crippen MR) is 104 cm³/mol. The molecule has 2 aromatic rings. The van der Waals surface area contributed by atoms with E-state index in [9.17, 15) is 24.5 Å². The molecule has 1 aliphatic carbocycles. The highest BCUT2D eigenvalue weighted by molar-refractivity contribution is 6.19. The van der Waals surface area contributed by atoms with Crippen molar-refractivity contribution in [2.75, 3.05) is 11.9 Å². The summed E-state index contributed by atoms with van der Waals surface area (Å²) in [5.41, 5.74) is -2.31. The second kappa shape index (κ2) is 5.88. The number of benzene rings is 1. The number of carbonyl (C=O) groups excluding carboxylic acids is 2. The van der Waals surface area contributed by atoms with E-state index in [0.717, 1.165) is 0 Å². The average Bonchev–Trinajstić information content (AvgIpc) is 2.90. The summed E-state index contributed by atoms with van der Waals surface area (Å²) in [7, 11) is 1.51. The van der Waals surface area contributed by atoms with Gasteiger partial charge in [-0.2, -0.15) is 0 Å². The molecule has 30 heavy (non-hydrogen) atoms. The van der Waals surface area contributed by atoms with Gasteiger partial charge in [0.25, 0.3) is 5.69 Å². The van der Waals surface area contributed by atoms with Crippen molar-refractivity contribution in [2.45, 2.75) is 31.6 Å². The number of anilines is 1. The van der Waals surface area contributed by atoms with Crippen molar-refractivity contribution in [3.8, 4) is 5.75 Å². The summed E-state index contributed by atoms with van der Waals surface area (Å²) in [6, 6.07) is 5.51. The number of ether oxygens (including phenoxy) is 1. The summed E-state index contributed by atoms with van der Waals surface area (Å²) >= 11 is 0. The molecule has 5 rings (SSSR count). The molecular formula is C21H16N2O7. The molecule has 9 nitrogen and oxygen atoms in total. The summed E-state index contributed by atoms with van der Waals surface area (Å²) in [5.74, 6) is -0.106. The van der Waals surface area contributed by atoms with E-state index >= 15 is 0 Å². The number of nitro groups is 1. The molecule has 1 amide bonds. The van der Waals surface area contributed by atoms with Gasteiger partial charge in [0.2, 0.25) is 5.91 Å². The van der Waals surface area contributed by atoms with Crippen LogP contribution < -0.4 is 15.3 Å².